The number of benzene rings is 1. The number of hydrogen-bond donors (Lipinski definition) is 1. The van der Waals surface area contributed by atoms with Crippen LogP contribution in [0.2, 0.25) is 0 Å². The van der Waals surface area contributed by atoms with Gasteiger partial charge in [0.15, 0.2) is 0 Å². The highest BCUT2D eigenvalue weighted by Crippen LogP contribution is 2.23. The van der Waals surface area contributed by atoms with Crippen molar-refractivity contribution in [1.29, 1.82) is 0 Å². The SMILES string of the molecule is CCCCOc1cccc(CNC(=O)C2CCCN(C(=O)C(C)(C)C)C2)c1. The van der Waals surface area contributed by atoms with Gasteiger partial charge in [0.25, 0.3) is 0 Å². The fourth-order valence-corrected chi connectivity index (χ4v) is 3.26. The Kier molecular flexibility index (Phi) is 7.69. The first kappa shape index (κ1) is 21.3. The Bertz CT molecular complexity index is 637. The van der Waals surface area contributed by atoms with E-state index in [1.54, 1.807) is 0 Å². The average Bonchev–Trinajstić information content (AvgIpc) is 2.65. The normalized spacial score (nSPS) is 17.5. The molecule has 27 heavy (non-hydrogen) atoms. The number of nitrogens with one attached hydrogen (secondary N) is 1. The average molecular weight is 375 g/mol. The van der Waals surface area contributed by atoms with E-state index >= 15 is 0 Å². The molecular weight excluding hydrogens is 340 g/mol. The molecule has 1 unspecified atom stereocenters. The molecule has 0 bridgehead atoms. The predicted octanol–water partition coefficient (Wildman–Crippen LogP) is 3.77. The first-order chi connectivity index (χ1) is 12.8. The molecule has 1 aliphatic heterocycles. The van der Waals surface area contributed by atoms with Crippen LogP contribution in [-0.4, -0.2) is 36.4 Å². The van der Waals surface area contributed by atoms with E-state index in [-0.39, 0.29) is 17.7 Å². The van der Waals surface area contributed by atoms with Gasteiger partial charge in [0.2, 0.25) is 11.8 Å². The second-order valence-corrected chi connectivity index (χ2v) is 8.41. The molecule has 0 radical (unpaired) electrons. The largest absolute Gasteiger partial charge is 0.494 e. The molecule has 1 heterocycles. The lowest BCUT2D eigenvalue weighted by Gasteiger charge is -2.35. The second kappa shape index (κ2) is 9.77. The van der Waals surface area contributed by atoms with Crippen molar-refractivity contribution in [3.8, 4) is 5.75 Å². The highest BCUT2D eigenvalue weighted by atomic mass is 16.5. The van der Waals surface area contributed by atoms with Gasteiger partial charge >= 0.3 is 0 Å². The van der Waals surface area contributed by atoms with Crippen LogP contribution in [-0.2, 0) is 16.1 Å². The molecule has 2 rings (SSSR count). The number of carbonyl (C=O) groups excluding carboxylic acids is 2. The van der Waals surface area contributed by atoms with Crippen LogP contribution in [0.4, 0.5) is 0 Å². The van der Waals surface area contributed by atoms with Crippen LogP contribution in [0.15, 0.2) is 24.3 Å². The molecule has 1 saturated heterocycles. The summed E-state index contributed by atoms with van der Waals surface area (Å²) in [4.78, 5) is 26.9. The summed E-state index contributed by atoms with van der Waals surface area (Å²) in [6, 6.07) is 7.86. The Morgan fingerprint density at radius 2 is 2.07 bits per heavy atom. The highest BCUT2D eigenvalue weighted by molar-refractivity contribution is 5.83. The van der Waals surface area contributed by atoms with E-state index in [2.05, 4.69) is 12.2 Å². The van der Waals surface area contributed by atoms with E-state index in [0.29, 0.717) is 19.7 Å². The van der Waals surface area contributed by atoms with Crippen LogP contribution in [0.1, 0.15) is 58.9 Å². The molecule has 2 amide bonds. The molecule has 0 aliphatic carbocycles. The molecule has 1 atom stereocenters. The van der Waals surface area contributed by atoms with Crippen LogP contribution in [0.3, 0.4) is 0 Å². The van der Waals surface area contributed by atoms with Crippen LogP contribution in [0, 0.1) is 11.3 Å². The van der Waals surface area contributed by atoms with Crippen molar-refractivity contribution in [2.45, 2.75) is 59.9 Å². The molecule has 1 aromatic rings. The fourth-order valence-electron chi connectivity index (χ4n) is 3.26. The van der Waals surface area contributed by atoms with Gasteiger partial charge in [-0.2, -0.15) is 0 Å². The van der Waals surface area contributed by atoms with Gasteiger partial charge < -0.3 is 15.0 Å². The summed E-state index contributed by atoms with van der Waals surface area (Å²) in [5.41, 5.74) is 0.618. The molecule has 0 saturated carbocycles. The highest BCUT2D eigenvalue weighted by Gasteiger charge is 2.33. The lowest BCUT2D eigenvalue weighted by Crippen LogP contribution is -2.48. The Morgan fingerprint density at radius 3 is 2.78 bits per heavy atom. The van der Waals surface area contributed by atoms with Gasteiger partial charge in [0.1, 0.15) is 5.75 Å². The standard InChI is InChI=1S/C22H34N2O3/c1-5-6-13-27-19-11-7-9-17(14-19)15-23-20(25)18-10-8-12-24(16-18)21(26)22(2,3)4/h7,9,11,14,18H,5-6,8,10,12-13,15-16H2,1-4H3,(H,23,25). The van der Waals surface area contributed by atoms with Gasteiger partial charge in [-0.3, -0.25) is 9.59 Å². The maximum atomic E-state index is 12.6. The molecule has 0 spiro atoms. The number of nitrogens with zero attached hydrogens (tertiary/aromatic N) is 1. The zero-order valence-electron chi connectivity index (χ0n) is 17.2. The van der Waals surface area contributed by atoms with Crippen molar-refractivity contribution in [1.82, 2.24) is 10.2 Å². The van der Waals surface area contributed by atoms with Gasteiger partial charge in [-0.05, 0) is 37.0 Å². The predicted molar refractivity (Wildman–Crippen MR) is 107 cm³/mol. The zero-order valence-corrected chi connectivity index (χ0v) is 17.2. The van der Waals surface area contributed by atoms with Crippen molar-refractivity contribution in [2.75, 3.05) is 19.7 Å². The number of amides is 2. The number of hydrogen-bond acceptors (Lipinski definition) is 3. The van der Waals surface area contributed by atoms with E-state index < -0.39 is 5.41 Å². The Labute approximate surface area is 163 Å². The first-order valence-corrected chi connectivity index (χ1v) is 10.1. The smallest absolute Gasteiger partial charge is 0.227 e. The molecule has 150 valence electrons. The number of likely N-dealkylation sites (tertiary alicyclic amines) is 1. The molecule has 1 N–H and O–H groups in total. The monoisotopic (exact) mass is 374 g/mol. The van der Waals surface area contributed by atoms with Gasteiger partial charge in [-0.25, -0.2) is 0 Å². The minimum atomic E-state index is -0.406. The van der Waals surface area contributed by atoms with E-state index in [9.17, 15) is 9.59 Å². The summed E-state index contributed by atoms with van der Waals surface area (Å²) in [6.45, 7) is 10.4. The lowest BCUT2D eigenvalue weighted by atomic mass is 9.91. The summed E-state index contributed by atoms with van der Waals surface area (Å²) in [5, 5.41) is 3.03. The van der Waals surface area contributed by atoms with Crippen molar-refractivity contribution >= 4 is 11.8 Å². The van der Waals surface area contributed by atoms with Crippen molar-refractivity contribution in [3.63, 3.8) is 0 Å². The second-order valence-electron chi connectivity index (χ2n) is 8.41. The number of rotatable bonds is 7. The Balaban J connectivity index is 1.86. The molecule has 1 aromatic carbocycles. The minimum absolute atomic E-state index is 0.0266. The van der Waals surface area contributed by atoms with Gasteiger partial charge in [-0.15, -0.1) is 0 Å². The van der Waals surface area contributed by atoms with Crippen molar-refractivity contribution < 1.29 is 14.3 Å². The lowest BCUT2D eigenvalue weighted by molar-refractivity contribution is -0.142. The molecule has 5 nitrogen and oxygen atoms in total. The van der Waals surface area contributed by atoms with Gasteiger partial charge in [0.05, 0.1) is 12.5 Å². The molecule has 5 heteroatoms. The third kappa shape index (κ3) is 6.56. The van der Waals surface area contributed by atoms with Crippen LogP contribution >= 0.6 is 0 Å². The summed E-state index contributed by atoms with van der Waals surface area (Å²) in [6.07, 6.45) is 3.85. The van der Waals surface area contributed by atoms with E-state index in [1.165, 1.54) is 0 Å². The van der Waals surface area contributed by atoms with Crippen LogP contribution in [0.25, 0.3) is 0 Å². The zero-order chi connectivity index (χ0) is 19.9. The number of ether oxygens (including phenoxy) is 1. The van der Waals surface area contributed by atoms with Crippen molar-refractivity contribution in [3.05, 3.63) is 29.8 Å². The number of carbonyl (C=O) groups is 2. The summed E-state index contributed by atoms with van der Waals surface area (Å²) in [7, 11) is 0. The summed E-state index contributed by atoms with van der Waals surface area (Å²) >= 11 is 0. The van der Waals surface area contributed by atoms with Crippen LogP contribution < -0.4 is 10.1 Å². The molecular formula is C22H34N2O3. The van der Waals surface area contributed by atoms with Gasteiger partial charge in [0, 0.05) is 25.0 Å². The summed E-state index contributed by atoms with van der Waals surface area (Å²) < 4.78 is 5.73. The number of unbranched alkanes of at least 4 members (excludes halogenated alkanes) is 1. The van der Waals surface area contributed by atoms with Crippen LogP contribution in [0.5, 0.6) is 5.75 Å². The summed E-state index contributed by atoms with van der Waals surface area (Å²) in [5.74, 6) is 0.861. The molecule has 0 aromatic heterocycles. The van der Waals surface area contributed by atoms with Crippen molar-refractivity contribution in [2.24, 2.45) is 11.3 Å². The maximum Gasteiger partial charge on any atom is 0.227 e. The number of piperidine rings is 1. The van der Waals surface area contributed by atoms with Gasteiger partial charge in [-0.1, -0.05) is 46.2 Å². The Morgan fingerprint density at radius 1 is 1.30 bits per heavy atom. The quantitative estimate of drug-likeness (QED) is 0.739. The third-order valence-electron chi connectivity index (χ3n) is 4.85. The topological polar surface area (TPSA) is 58.6 Å². The fraction of sp³-hybridized carbons (Fsp3) is 0.636. The maximum absolute atomic E-state index is 12.6. The Hall–Kier alpha value is -2.04. The minimum Gasteiger partial charge on any atom is -0.494 e. The molecule has 1 aliphatic rings. The van der Waals surface area contributed by atoms with E-state index in [4.69, 9.17) is 4.74 Å². The third-order valence-corrected chi connectivity index (χ3v) is 4.85. The first-order valence-electron chi connectivity index (χ1n) is 10.1. The van der Waals surface area contributed by atoms with E-state index in [1.807, 2.05) is 49.9 Å². The van der Waals surface area contributed by atoms with E-state index in [0.717, 1.165) is 43.5 Å². The molecule has 1 fully saturated rings.